The van der Waals surface area contributed by atoms with Crippen molar-refractivity contribution < 1.29 is 46.8 Å². The van der Waals surface area contributed by atoms with Crippen LogP contribution in [-0.2, 0) is 38.4 Å². The summed E-state index contributed by atoms with van der Waals surface area (Å²) in [4.78, 5) is 36.6. The van der Waals surface area contributed by atoms with Gasteiger partial charge in [-0.1, -0.05) is 59.1 Å². The first-order valence-electron chi connectivity index (χ1n) is 17.0. The van der Waals surface area contributed by atoms with Gasteiger partial charge in [-0.25, -0.2) is 0 Å². The summed E-state index contributed by atoms with van der Waals surface area (Å²) in [5.74, 6) is 0.391. The molecule has 3 rings (SSSR count). The molecule has 9 nitrogen and oxygen atoms in total. The van der Waals surface area contributed by atoms with Crippen LogP contribution in [-0.4, -0.2) is 50.9 Å². The summed E-state index contributed by atoms with van der Waals surface area (Å²) < 4.78 is 52.8. The van der Waals surface area contributed by atoms with Crippen molar-refractivity contribution in [1.82, 2.24) is 5.32 Å². The van der Waals surface area contributed by atoms with Crippen molar-refractivity contribution in [3.8, 4) is 17.2 Å². The SMILES string of the molecule is CCOC(=O)CCCOc1cccc(CCCCCCOc2cc(Br)cc(C(=O)NCc3ccccc3OC(F)F)c2)c1CCC(=O)OCC. The largest absolute Gasteiger partial charge is 0.494 e. The molecule has 0 radical (unpaired) electrons. The molecule has 0 saturated carbocycles. The van der Waals surface area contributed by atoms with Gasteiger partial charge in [0.05, 0.1) is 26.4 Å². The molecule has 1 N–H and O–H groups in total. The Bertz CT molecular complexity index is 1520. The fraction of sp³-hybridized carbons (Fsp3) is 0.447. The van der Waals surface area contributed by atoms with E-state index in [1.807, 2.05) is 12.1 Å². The highest BCUT2D eigenvalue weighted by atomic mass is 79.9. The predicted octanol–water partition coefficient (Wildman–Crippen LogP) is 8.38. The molecule has 0 aliphatic rings. The quantitative estimate of drug-likeness (QED) is 0.0759. The molecule has 272 valence electrons. The number of hydrogen-bond donors (Lipinski definition) is 1. The van der Waals surface area contributed by atoms with E-state index in [1.54, 1.807) is 50.2 Å². The van der Waals surface area contributed by atoms with Crippen molar-refractivity contribution in [2.24, 2.45) is 0 Å². The average molecular weight is 763 g/mol. The van der Waals surface area contributed by atoms with Gasteiger partial charge in [-0.3, -0.25) is 14.4 Å². The van der Waals surface area contributed by atoms with Crippen LogP contribution in [0.1, 0.15) is 85.8 Å². The number of alkyl halides is 2. The van der Waals surface area contributed by atoms with Gasteiger partial charge in [0.15, 0.2) is 0 Å². The number of carbonyl (C=O) groups excluding carboxylic acids is 3. The molecule has 0 aliphatic carbocycles. The highest BCUT2D eigenvalue weighted by Gasteiger charge is 2.15. The highest BCUT2D eigenvalue weighted by molar-refractivity contribution is 9.10. The Morgan fingerprint density at radius 3 is 2.18 bits per heavy atom. The number of carbonyl (C=O) groups is 3. The summed E-state index contributed by atoms with van der Waals surface area (Å²) in [5.41, 5.74) is 2.91. The summed E-state index contributed by atoms with van der Waals surface area (Å²) in [7, 11) is 0. The molecular weight excluding hydrogens is 716 g/mol. The van der Waals surface area contributed by atoms with Gasteiger partial charge in [-0.05, 0) is 87.4 Å². The number of ether oxygens (including phenoxy) is 5. The molecule has 0 heterocycles. The third-order valence-corrected chi connectivity index (χ3v) is 8.03. The van der Waals surface area contributed by atoms with E-state index in [9.17, 15) is 23.2 Å². The topological polar surface area (TPSA) is 109 Å². The summed E-state index contributed by atoms with van der Waals surface area (Å²) in [6.07, 6.45) is 6.05. The van der Waals surface area contributed by atoms with E-state index in [1.165, 1.54) is 6.07 Å². The van der Waals surface area contributed by atoms with Crippen LogP contribution in [0, 0.1) is 0 Å². The first-order chi connectivity index (χ1) is 24.2. The Balaban J connectivity index is 1.47. The molecule has 0 spiro atoms. The molecule has 0 unspecified atom stereocenters. The third kappa shape index (κ3) is 14.7. The Hall–Kier alpha value is -4.19. The van der Waals surface area contributed by atoms with Gasteiger partial charge in [0.2, 0.25) is 0 Å². The lowest BCUT2D eigenvalue weighted by Gasteiger charge is -2.16. The van der Waals surface area contributed by atoms with Crippen LogP contribution in [0.15, 0.2) is 65.1 Å². The van der Waals surface area contributed by atoms with Crippen LogP contribution < -0.4 is 19.5 Å². The summed E-state index contributed by atoms with van der Waals surface area (Å²) in [6.45, 7) is 2.14. The first kappa shape index (κ1) is 40.2. The van der Waals surface area contributed by atoms with E-state index in [4.69, 9.17) is 18.9 Å². The van der Waals surface area contributed by atoms with Crippen LogP contribution in [0.5, 0.6) is 17.2 Å². The van der Waals surface area contributed by atoms with Crippen molar-refractivity contribution in [3.05, 3.63) is 87.4 Å². The van der Waals surface area contributed by atoms with E-state index in [0.29, 0.717) is 60.6 Å². The fourth-order valence-electron chi connectivity index (χ4n) is 5.23. The summed E-state index contributed by atoms with van der Waals surface area (Å²) in [5, 5.41) is 2.75. The van der Waals surface area contributed by atoms with Crippen LogP contribution in [0.25, 0.3) is 0 Å². The molecule has 0 fully saturated rings. The number of benzene rings is 3. The van der Waals surface area contributed by atoms with Crippen molar-refractivity contribution in [3.63, 3.8) is 0 Å². The number of para-hydroxylation sites is 1. The molecule has 1 amide bonds. The lowest BCUT2D eigenvalue weighted by molar-refractivity contribution is -0.144. The summed E-state index contributed by atoms with van der Waals surface area (Å²) >= 11 is 3.43. The van der Waals surface area contributed by atoms with Gasteiger partial charge in [0, 0.05) is 35.0 Å². The number of rotatable bonds is 23. The van der Waals surface area contributed by atoms with Gasteiger partial charge in [0.25, 0.3) is 5.91 Å². The van der Waals surface area contributed by atoms with Crippen molar-refractivity contribution in [2.45, 2.75) is 84.8 Å². The normalized spacial score (nSPS) is 10.8. The third-order valence-electron chi connectivity index (χ3n) is 7.57. The number of amides is 1. The van der Waals surface area contributed by atoms with Crippen LogP contribution in [0.3, 0.4) is 0 Å². The monoisotopic (exact) mass is 761 g/mol. The second-order valence-electron chi connectivity index (χ2n) is 11.3. The molecule has 0 saturated heterocycles. The second kappa shape index (κ2) is 22.5. The second-order valence-corrected chi connectivity index (χ2v) is 12.2. The van der Waals surface area contributed by atoms with Crippen LogP contribution >= 0.6 is 15.9 Å². The zero-order valence-electron chi connectivity index (χ0n) is 28.7. The molecule has 50 heavy (non-hydrogen) atoms. The average Bonchev–Trinajstić information content (AvgIpc) is 3.08. The number of esters is 2. The maximum atomic E-state index is 12.9. The van der Waals surface area contributed by atoms with Crippen molar-refractivity contribution >= 4 is 33.8 Å². The smallest absolute Gasteiger partial charge is 0.387 e. The van der Waals surface area contributed by atoms with E-state index < -0.39 is 6.61 Å². The number of unbranched alkanes of at least 4 members (excludes halogenated alkanes) is 3. The molecule has 3 aromatic carbocycles. The molecule has 0 bridgehead atoms. The standard InChI is InChI=1S/C38H46BrF2NO8/c1-3-46-35(43)18-12-22-49-34-17-11-15-27(32(34)19-20-36(44)47-4-2)13-7-5-6-10-21-48-31-24-29(23-30(39)25-31)37(45)42-26-28-14-8-9-16-33(28)50-38(40)41/h8-9,11,14-17,23-25,38H,3-7,10,12-13,18-22,26H2,1-2H3,(H,42,45). The van der Waals surface area contributed by atoms with Gasteiger partial charge in [-0.15, -0.1) is 0 Å². The number of halogens is 3. The Labute approximate surface area is 301 Å². The number of hydrogen-bond acceptors (Lipinski definition) is 8. The minimum atomic E-state index is -2.96. The van der Waals surface area contributed by atoms with Crippen molar-refractivity contribution in [2.75, 3.05) is 26.4 Å². The van der Waals surface area contributed by atoms with E-state index in [0.717, 1.165) is 49.0 Å². The molecule has 0 atom stereocenters. The van der Waals surface area contributed by atoms with E-state index in [2.05, 4.69) is 32.0 Å². The molecule has 12 heteroatoms. The van der Waals surface area contributed by atoms with Crippen LogP contribution in [0.2, 0.25) is 0 Å². The van der Waals surface area contributed by atoms with Gasteiger partial charge >= 0.3 is 18.6 Å². The Morgan fingerprint density at radius 1 is 0.740 bits per heavy atom. The van der Waals surface area contributed by atoms with E-state index >= 15 is 0 Å². The number of aryl methyl sites for hydroxylation is 1. The van der Waals surface area contributed by atoms with Crippen LogP contribution in [0.4, 0.5) is 8.78 Å². The Morgan fingerprint density at radius 2 is 1.42 bits per heavy atom. The highest BCUT2D eigenvalue weighted by Crippen LogP contribution is 2.27. The van der Waals surface area contributed by atoms with E-state index in [-0.39, 0.29) is 43.0 Å². The zero-order chi connectivity index (χ0) is 36.1. The van der Waals surface area contributed by atoms with Gasteiger partial charge in [0.1, 0.15) is 17.2 Å². The minimum absolute atomic E-state index is 0.0115. The Kier molecular flexibility index (Phi) is 18.1. The van der Waals surface area contributed by atoms with Gasteiger partial charge in [-0.2, -0.15) is 8.78 Å². The predicted molar refractivity (Wildman–Crippen MR) is 189 cm³/mol. The molecule has 3 aromatic rings. The lowest BCUT2D eigenvalue weighted by atomic mass is 9.96. The zero-order valence-corrected chi connectivity index (χ0v) is 30.2. The molecular formula is C38H46BrF2NO8. The maximum Gasteiger partial charge on any atom is 0.387 e. The number of nitrogens with one attached hydrogen (secondary N) is 1. The minimum Gasteiger partial charge on any atom is -0.494 e. The molecule has 0 aromatic heterocycles. The van der Waals surface area contributed by atoms with Crippen molar-refractivity contribution in [1.29, 1.82) is 0 Å². The van der Waals surface area contributed by atoms with Gasteiger partial charge < -0.3 is 29.0 Å². The summed E-state index contributed by atoms with van der Waals surface area (Å²) in [6, 6.07) is 17.3. The first-order valence-corrected chi connectivity index (χ1v) is 17.8. The lowest BCUT2D eigenvalue weighted by Crippen LogP contribution is -2.23. The fourth-order valence-corrected chi connectivity index (χ4v) is 5.71. The molecule has 0 aliphatic heterocycles. The maximum absolute atomic E-state index is 12.9.